The summed E-state index contributed by atoms with van der Waals surface area (Å²) in [6.07, 6.45) is 2.87. The number of nitriles is 2. The predicted octanol–water partition coefficient (Wildman–Crippen LogP) is 1.87. The van der Waals surface area contributed by atoms with E-state index >= 15 is 0 Å². The van der Waals surface area contributed by atoms with Crippen LogP contribution in [0.25, 0.3) is 10.8 Å². The van der Waals surface area contributed by atoms with E-state index in [2.05, 4.69) is 10.3 Å². The number of pyridine rings is 1. The van der Waals surface area contributed by atoms with Crippen LogP contribution in [0.1, 0.15) is 0 Å². The Labute approximate surface area is 103 Å². The molecule has 0 unspecified atom stereocenters. The van der Waals surface area contributed by atoms with Crippen LogP contribution < -0.4 is 10.9 Å². The summed E-state index contributed by atoms with van der Waals surface area (Å²) in [5, 5.41) is 21.4. The van der Waals surface area contributed by atoms with Gasteiger partial charge in [0, 0.05) is 28.9 Å². The fourth-order valence-electron chi connectivity index (χ4n) is 1.59. The average Bonchev–Trinajstić information content (AvgIpc) is 2.41. The summed E-state index contributed by atoms with van der Waals surface area (Å²) in [5.74, 6) is 0. The van der Waals surface area contributed by atoms with Gasteiger partial charge in [0.1, 0.15) is 17.7 Å². The summed E-state index contributed by atoms with van der Waals surface area (Å²) in [6, 6.07) is 10.5. The SMILES string of the molecule is N#CC(C#N)=CNc1cccc2c(=O)[nH]ccc12. The highest BCUT2D eigenvalue weighted by Gasteiger charge is 2.02. The lowest BCUT2D eigenvalue weighted by Gasteiger charge is -2.04. The Morgan fingerprint density at radius 1 is 1.22 bits per heavy atom. The van der Waals surface area contributed by atoms with E-state index in [1.165, 1.54) is 6.20 Å². The minimum atomic E-state index is -0.180. The normalized spacial score (nSPS) is 9.22. The summed E-state index contributed by atoms with van der Waals surface area (Å²) in [4.78, 5) is 14.2. The molecule has 0 bridgehead atoms. The number of nitrogens with one attached hydrogen (secondary N) is 2. The number of fused-ring (bicyclic) bond motifs is 1. The Morgan fingerprint density at radius 2 is 2.00 bits per heavy atom. The number of aromatic nitrogens is 1. The van der Waals surface area contributed by atoms with Gasteiger partial charge < -0.3 is 10.3 Å². The lowest BCUT2D eigenvalue weighted by atomic mass is 10.1. The molecular formula is C13H8N4O. The van der Waals surface area contributed by atoms with Gasteiger partial charge in [0.15, 0.2) is 0 Å². The average molecular weight is 236 g/mol. The van der Waals surface area contributed by atoms with Crippen molar-refractivity contribution < 1.29 is 0 Å². The monoisotopic (exact) mass is 236 g/mol. The van der Waals surface area contributed by atoms with Crippen LogP contribution in [0.3, 0.4) is 0 Å². The van der Waals surface area contributed by atoms with Crippen molar-refractivity contribution in [2.45, 2.75) is 0 Å². The minimum Gasteiger partial charge on any atom is -0.359 e. The van der Waals surface area contributed by atoms with Crippen molar-refractivity contribution in [3.8, 4) is 12.1 Å². The van der Waals surface area contributed by atoms with Crippen molar-refractivity contribution in [1.82, 2.24) is 4.98 Å². The third-order valence-corrected chi connectivity index (χ3v) is 2.43. The summed E-state index contributed by atoms with van der Waals surface area (Å²) >= 11 is 0. The highest BCUT2D eigenvalue weighted by Crippen LogP contribution is 2.20. The molecule has 0 atom stereocenters. The fraction of sp³-hybridized carbons (Fsp3) is 0. The Balaban J connectivity index is 2.51. The van der Waals surface area contributed by atoms with Gasteiger partial charge in [-0.05, 0) is 18.2 Å². The van der Waals surface area contributed by atoms with Crippen molar-refractivity contribution in [2.75, 3.05) is 5.32 Å². The van der Waals surface area contributed by atoms with Crippen LogP contribution in [0.4, 0.5) is 5.69 Å². The van der Waals surface area contributed by atoms with Gasteiger partial charge in [-0.2, -0.15) is 10.5 Å². The highest BCUT2D eigenvalue weighted by molar-refractivity contribution is 5.93. The molecular weight excluding hydrogens is 228 g/mol. The fourth-order valence-corrected chi connectivity index (χ4v) is 1.59. The van der Waals surface area contributed by atoms with Crippen molar-refractivity contribution in [3.63, 3.8) is 0 Å². The van der Waals surface area contributed by atoms with Crippen LogP contribution in [0.2, 0.25) is 0 Å². The number of aromatic amines is 1. The molecule has 1 heterocycles. The number of hydrogen-bond donors (Lipinski definition) is 2. The summed E-state index contributed by atoms with van der Waals surface area (Å²) in [5.41, 5.74) is 0.458. The first-order valence-electron chi connectivity index (χ1n) is 5.13. The van der Waals surface area contributed by atoms with Gasteiger partial charge in [-0.15, -0.1) is 0 Å². The molecule has 0 saturated carbocycles. The van der Waals surface area contributed by atoms with Crippen molar-refractivity contribution in [2.24, 2.45) is 0 Å². The Kier molecular flexibility index (Phi) is 3.08. The molecule has 0 aliphatic rings. The quantitative estimate of drug-likeness (QED) is 0.778. The Bertz CT molecular complexity index is 743. The zero-order chi connectivity index (χ0) is 13.0. The largest absolute Gasteiger partial charge is 0.359 e. The molecule has 0 radical (unpaired) electrons. The molecule has 0 fully saturated rings. The van der Waals surface area contributed by atoms with Crippen LogP contribution in [-0.2, 0) is 0 Å². The molecule has 0 aliphatic heterocycles. The Morgan fingerprint density at radius 3 is 2.72 bits per heavy atom. The summed E-state index contributed by atoms with van der Waals surface area (Å²) < 4.78 is 0. The second-order valence-electron chi connectivity index (χ2n) is 3.50. The van der Waals surface area contributed by atoms with E-state index in [1.807, 2.05) is 0 Å². The molecule has 2 N–H and O–H groups in total. The van der Waals surface area contributed by atoms with E-state index < -0.39 is 0 Å². The second kappa shape index (κ2) is 4.86. The first-order chi connectivity index (χ1) is 8.76. The van der Waals surface area contributed by atoms with Gasteiger partial charge in [0.25, 0.3) is 5.56 Å². The lowest BCUT2D eigenvalue weighted by molar-refractivity contribution is 1.28. The molecule has 0 amide bonds. The van der Waals surface area contributed by atoms with Crippen LogP contribution in [-0.4, -0.2) is 4.98 Å². The van der Waals surface area contributed by atoms with Gasteiger partial charge in [0.05, 0.1) is 0 Å². The van der Waals surface area contributed by atoms with Crippen molar-refractivity contribution in [3.05, 3.63) is 52.6 Å². The van der Waals surface area contributed by atoms with Gasteiger partial charge in [-0.25, -0.2) is 0 Å². The predicted molar refractivity (Wildman–Crippen MR) is 67.5 cm³/mol. The standard InChI is InChI=1S/C13H8N4O/c14-6-9(7-15)8-17-12-3-1-2-11-10(12)4-5-16-13(11)18/h1-5,8,17H,(H,16,18). The van der Waals surface area contributed by atoms with E-state index in [4.69, 9.17) is 10.5 Å². The van der Waals surface area contributed by atoms with Gasteiger partial charge >= 0.3 is 0 Å². The number of allylic oxidation sites excluding steroid dienone is 1. The molecule has 86 valence electrons. The molecule has 2 rings (SSSR count). The van der Waals surface area contributed by atoms with E-state index in [0.717, 1.165) is 5.39 Å². The number of hydrogen-bond acceptors (Lipinski definition) is 4. The van der Waals surface area contributed by atoms with E-state index in [0.29, 0.717) is 11.1 Å². The van der Waals surface area contributed by atoms with Crippen molar-refractivity contribution in [1.29, 1.82) is 10.5 Å². The lowest BCUT2D eigenvalue weighted by Crippen LogP contribution is -2.05. The van der Waals surface area contributed by atoms with Gasteiger partial charge in [0.2, 0.25) is 0 Å². The van der Waals surface area contributed by atoms with E-state index in [-0.39, 0.29) is 11.1 Å². The topological polar surface area (TPSA) is 92.5 Å². The zero-order valence-corrected chi connectivity index (χ0v) is 9.27. The number of benzene rings is 1. The molecule has 5 nitrogen and oxygen atoms in total. The molecule has 0 aliphatic carbocycles. The third-order valence-electron chi connectivity index (χ3n) is 2.43. The molecule has 0 saturated heterocycles. The number of H-pyrrole nitrogens is 1. The van der Waals surface area contributed by atoms with Gasteiger partial charge in [-0.1, -0.05) is 6.07 Å². The van der Waals surface area contributed by atoms with Gasteiger partial charge in [-0.3, -0.25) is 4.79 Å². The van der Waals surface area contributed by atoms with Crippen LogP contribution in [0.5, 0.6) is 0 Å². The molecule has 0 spiro atoms. The maximum absolute atomic E-state index is 11.6. The van der Waals surface area contributed by atoms with Crippen molar-refractivity contribution >= 4 is 16.5 Å². The molecule has 18 heavy (non-hydrogen) atoms. The maximum atomic E-state index is 11.6. The number of rotatable bonds is 2. The zero-order valence-electron chi connectivity index (χ0n) is 9.27. The molecule has 5 heteroatoms. The first kappa shape index (κ1) is 11.4. The van der Waals surface area contributed by atoms with Crippen LogP contribution in [0, 0.1) is 22.7 Å². The first-order valence-corrected chi connectivity index (χ1v) is 5.13. The summed E-state index contributed by atoms with van der Waals surface area (Å²) in [6.45, 7) is 0. The number of nitrogens with zero attached hydrogens (tertiary/aromatic N) is 2. The number of anilines is 1. The van der Waals surface area contributed by atoms with Crippen LogP contribution >= 0.6 is 0 Å². The third kappa shape index (κ3) is 2.06. The van der Waals surface area contributed by atoms with Crippen LogP contribution in [0.15, 0.2) is 47.0 Å². The molecule has 1 aromatic carbocycles. The van der Waals surface area contributed by atoms with E-state index in [9.17, 15) is 4.79 Å². The molecule has 1 aromatic heterocycles. The van der Waals surface area contributed by atoms with E-state index in [1.54, 1.807) is 42.6 Å². The molecule has 2 aromatic rings. The smallest absolute Gasteiger partial charge is 0.255 e. The second-order valence-corrected chi connectivity index (χ2v) is 3.50. The summed E-state index contributed by atoms with van der Waals surface area (Å²) in [7, 11) is 0. The minimum absolute atomic E-state index is 0.0307. The Hall–Kier alpha value is -3.05. The maximum Gasteiger partial charge on any atom is 0.255 e. The highest BCUT2D eigenvalue weighted by atomic mass is 16.1.